The van der Waals surface area contributed by atoms with E-state index in [0.717, 1.165) is 6.42 Å². The Bertz CT molecular complexity index is 639. The van der Waals surface area contributed by atoms with Gasteiger partial charge in [0.2, 0.25) is 0 Å². The Morgan fingerprint density at radius 2 is 1.79 bits per heavy atom. The predicted molar refractivity (Wildman–Crippen MR) is 103 cm³/mol. The number of ether oxygens (including phenoxy) is 2. The monoisotopic (exact) mass is 396 g/mol. The summed E-state index contributed by atoms with van der Waals surface area (Å²) in [5, 5.41) is 22.2. The summed E-state index contributed by atoms with van der Waals surface area (Å²) in [5.41, 5.74) is -3.37. The van der Waals surface area contributed by atoms with Crippen LogP contribution < -0.4 is 0 Å². The summed E-state index contributed by atoms with van der Waals surface area (Å²) in [6.45, 7) is 10.8. The fourth-order valence-electron chi connectivity index (χ4n) is 6.13. The van der Waals surface area contributed by atoms with Crippen molar-refractivity contribution in [2.75, 3.05) is 0 Å². The number of Topliss-reactive ketones (excluding diaryl/α,β-unsaturated/α-hetero) is 1. The maximum Gasteiger partial charge on any atom is 0.303 e. The van der Waals surface area contributed by atoms with Gasteiger partial charge in [0.05, 0.1) is 29.3 Å². The molecule has 1 saturated carbocycles. The number of hydrogen-bond acceptors (Lipinski definition) is 6. The number of carbonyl (C=O) groups excluding carboxylic acids is 2. The molecule has 3 aliphatic rings. The average Bonchev–Trinajstić information content (AvgIpc) is 2.50. The van der Waals surface area contributed by atoms with E-state index >= 15 is 0 Å². The zero-order valence-electron chi connectivity index (χ0n) is 18.0. The highest BCUT2D eigenvalue weighted by Crippen LogP contribution is 2.54. The average molecular weight is 397 g/mol. The van der Waals surface area contributed by atoms with E-state index in [1.54, 1.807) is 13.8 Å². The quantitative estimate of drug-likeness (QED) is 0.697. The van der Waals surface area contributed by atoms with Gasteiger partial charge in [-0.1, -0.05) is 13.8 Å². The first-order chi connectivity index (χ1) is 12.8. The van der Waals surface area contributed by atoms with Crippen LogP contribution in [0.15, 0.2) is 0 Å². The van der Waals surface area contributed by atoms with E-state index in [4.69, 9.17) is 9.47 Å². The fourth-order valence-corrected chi connectivity index (χ4v) is 6.13. The molecule has 28 heavy (non-hydrogen) atoms. The van der Waals surface area contributed by atoms with Crippen LogP contribution in [0.2, 0.25) is 0 Å². The van der Waals surface area contributed by atoms with Crippen molar-refractivity contribution in [3.63, 3.8) is 0 Å². The normalized spacial score (nSPS) is 49.2. The molecule has 0 spiro atoms. The molecule has 3 rings (SSSR count). The number of rotatable bonds is 2. The van der Waals surface area contributed by atoms with Crippen molar-refractivity contribution in [3.8, 4) is 0 Å². The van der Waals surface area contributed by atoms with Crippen molar-refractivity contribution in [1.29, 1.82) is 0 Å². The first kappa shape index (κ1) is 21.7. The van der Waals surface area contributed by atoms with Gasteiger partial charge in [-0.3, -0.25) is 9.59 Å². The Balaban J connectivity index is 2.15. The SMILES string of the molecule is CC(=O)O[C@]1(C)CC[C@H](C(C)C)[C@@H]2[C@H]1C(=O)C[C@@](C)(O)[C@H]1CC[C@@](C)(O)[C@@H]2O1. The van der Waals surface area contributed by atoms with Crippen molar-refractivity contribution in [3.05, 3.63) is 0 Å². The van der Waals surface area contributed by atoms with Crippen LogP contribution in [0.4, 0.5) is 0 Å². The van der Waals surface area contributed by atoms with Gasteiger partial charge in [-0.2, -0.15) is 0 Å². The standard InChI is InChI=1S/C22H36O6/c1-12(2)14-7-10-22(6,28-13(3)23)18-15(24)11-21(5,26)16-8-9-20(4,25)19(27-16)17(14)18/h12,14,16-19,25-26H,7-11H2,1-6H3/t14-,16-,17-,18-,19-,20-,21-,22-/m1/s1. The molecule has 0 aromatic heterocycles. The maximum absolute atomic E-state index is 13.5. The van der Waals surface area contributed by atoms with E-state index in [1.165, 1.54) is 6.92 Å². The number of carbonyl (C=O) groups is 2. The van der Waals surface area contributed by atoms with Crippen LogP contribution >= 0.6 is 0 Å². The lowest BCUT2D eigenvalue weighted by Gasteiger charge is -2.58. The van der Waals surface area contributed by atoms with Crippen LogP contribution in [-0.2, 0) is 19.1 Å². The summed E-state index contributed by atoms with van der Waals surface area (Å²) in [7, 11) is 0. The van der Waals surface area contributed by atoms with Gasteiger partial charge in [0.15, 0.2) is 0 Å². The summed E-state index contributed by atoms with van der Waals surface area (Å²) in [4.78, 5) is 25.4. The molecule has 2 saturated heterocycles. The molecule has 2 aliphatic heterocycles. The number of hydrogen-bond donors (Lipinski definition) is 2. The first-order valence-corrected chi connectivity index (χ1v) is 10.6. The fraction of sp³-hybridized carbons (Fsp3) is 0.909. The first-order valence-electron chi connectivity index (χ1n) is 10.6. The van der Waals surface area contributed by atoms with Crippen LogP contribution in [0.25, 0.3) is 0 Å². The summed E-state index contributed by atoms with van der Waals surface area (Å²) < 4.78 is 12.1. The van der Waals surface area contributed by atoms with Gasteiger partial charge in [0.25, 0.3) is 0 Å². The van der Waals surface area contributed by atoms with Crippen molar-refractivity contribution in [2.45, 2.75) is 103 Å². The minimum Gasteiger partial charge on any atom is -0.459 e. The molecule has 0 radical (unpaired) electrons. The molecule has 6 nitrogen and oxygen atoms in total. The van der Waals surface area contributed by atoms with Crippen molar-refractivity contribution < 1.29 is 29.3 Å². The molecule has 6 heteroatoms. The molecule has 2 bridgehead atoms. The minimum absolute atomic E-state index is 0.0324. The molecule has 1 aliphatic carbocycles. The third-order valence-corrected chi connectivity index (χ3v) is 7.50. The Morgan fingerprint density at radius 3 is 2.36 bits per heavy atom. The molecule has 160 valence electrons. The van der Waals surface area contributed by atoms with E-state index in [9.17, 15) is 19.8 Å². The number of esters is 1. The molecule has 0 aromatic rings. The number of fused-ring (bicyclic) bond motifs is 4. The van der Waals surface area contributed by atoms with Gasteiger partial charge >= 0.3 is 5.97 Å². The van der Waals surface area contributed by atoms with Gasteiger partial charge in [-0.15, -0.1) is 0 Å². The second kappa shape index (κ2) is 7.06. The van der Waals surface area contributed by atoms with Crippen molar-refractivity contribution in [2.24, 2.45) is 23.7 Å². The lowest BCUT2D eigenvalue weighted by molar-refractivity contribution is -0.264. The van der Waals surface area contributed by atoms with Crippen LogP contribution in [0.3, 0.4) is 0 Å². The van der Waals surface area contributed by atoms with Gasteiger partial charge in [0, 0.05) is 19.3 Å². The smallest absolute Gasteiger partial charge is 0.303 e. The molecular formula is C22H36O6. The Hall–Kier alpha value is -0.980. The molecule has 0 unspecified atom stereocenters. The lowest BCUT2D eigenvalue weighted by Crippen LogP contribution is -2.67. The van der Waals surface area contributed by atoms with Crippen molar-refractivity contribution >= 4 is 11.8 Å². The zero-order valence-corrected chi connectivity index (χ0v) is 18.0. The third kappa shape index (κ3) is 3.63. The van der Waals surface area contributed by atoms with E-state index < -0.39 is 40.9 Å². The van der Waals surface area contributed by atoms with E-state index in [2.05, 4.69) is 13.8 Å². The minimum atomic E-state index is -1.31. The van der Waals surface area contributed by atoms with Crippen LogP contribution in [0.1, 0.15) is 73.6 Å². The highest BCUT2D eigenvalue weighted by Gasteiger charge is 2.62. The molecule has 8 atom stereocenters. The second-order valence-electron chi connectivity index (χ2n) is 10.3. The van der Waals surface area contributed by atoms with Crippen LogP contribution in [0.5, 0.6) is 0 Å². The predicted octanol–water partition coefficient (Wildman–Crippen LogP) is 2.63. The van der Waals surface area contributed by atoms with Crippen molar-refractivity contribution in [1.82, 2.24) is 0 Å². The Kier molecular flexibility index (Phi) is 5.48. The van der Waals surface area contributed by atoms with Gasteiger partial charge in [-0.25, -0.2) is 0 Å². The Labute approximate surface area is 168 Å². The van der Waals surface area contributed by atoms with Crippen LogP contribution in [-0.4, -0.2) is 51.0 Å². The Morgan fingerprint density at radius 1 is 1.14 bits per heavy atom. The molecule has 2 heterocycles. The largest absolute Gasteiger partial charge is 0.459 e. The highest BCUT2D eigenvalue weighted by molar-refractivity contribution is 5.84. The molecule has 0 aromatic carbocycles. The zero-order chi connectivity index (χ0) is 21.1. The molecule has 0 amide bonds. The van der Waals surface area contributed by atoms with Gasteiger partial charge < -0.3 is 19.7 Å². The van der Waals surface area contributed by atoms with E-state index in [0.29, 0.717) is 25.2 Å². The summed E-state index contributed by atoms with van der Waals surface area (Å²) in [6, 6.07) is 0. The molecule has 3 fully saturated rings. The maximum atomic E-state index is 13.5. The number of aliphatic hydroxyl groups is 2. The summed E-state index contributed by atoms with van der Waals surface area (Å²) in [5.74, 6) is -0.933. The second-order valence-corrected chi connectivity index (χ2v) is 10.3. The van der Waals surface area contributed by atoms with Crippen LogP contribution in [0, 0.1) is 23.7 Å². The van der Waals surface area contributed by atoms with Gasteiger partial charge in [-0.05, 0) is 58.3 Å². The van der Waals surface area contributed by atoms with E-state index in [1.807, 2.05) is 6.92 Å². The molecule has 2 N–H and O–H groups in total. The lowest BCUT2D eigenvalue weighted by atomic mass is 9.55. The van der Waals surface area contributed by atoms with Gasteiger partial charge in [0.1, 0.15) is 11.4 Å². The summed E-state index contributed by atoms with van der Waals surface area (Å²) in [6.07, 6.45) is 1.29. The topological polar surface area (TPSA) is 93.1 Å². The summed E-state index contributed by atoms with van der Waals surface area (Å²) >= 11 is 0. The highest BCUT2D eigenvalue weighted by atomic mass is 16.6. The molecular weight excluding hydrogens is 360 g/mol. The van der Waals surface area contributed by atoms with E-state index in [-0.39, 0.29) is 24.0 Å². The number of ketones is 1. The third-order valence-electron chi connectivity index (χ3n) is 7.50.